The highest BCUT2D eigenvalue weighted by atomic mass is 16.7. The van der Waals surface area contributed by atoms with Crippen molar-refractivity contribution >= 4 is 5.91 Å². The van der Waals surface area contributed by atoms with Gasteiger partial charge in [0, 0.05) is 25.9 Å². The number of hydrogen-bond acceptors (Lipinski definition) is 4. The van der Waals surface area contributed by atoms with Gasteiger partial charge in [-0.25, -0.2) is 0 Å². The Labute approximate surface area is 131 Å². The zero-order chi connectivity index (χ0) is 15.4. The zero-order valence-corrected chi connectivity index (χ0v) is 13.0. The average molecular weight is 305 g/mol. The number of amides is 1. The Morgan fingerprint density at radius 2 is 2.00 bits per heavy atom. The molecule has 2 saturated heterocycles. The van der Waals surface area contributed by atoms with Gasteiger partial charge in [-0.1, -0.05) is 12.1 Å². The first kappa shape index (κ1) is 15.3. The van der Waals surface area contributed by atoms with Crippen LogP contribution in [0.15, 0.2) is 24.3 Å². The second-order valence-electron chi connectivity index (χ2n) is 5.87. The molecule has 1 spiro atoms. The first-order chi connectivity index (χ1) is 10.7. The Kier molecular flexibility index (Phi) is 4.64. The number of rotatable bonds is 3. The van der Waals surface area contributed by atoms with Gasteiger partial charge in [0.2, 0.25) is 5.91 Å². The highest BCUT2D eigenvalue weighted by Gasteiger charge is 2.39. The molecule has 0 bridgehead atoms. The molecule has 2 aliphatic heterocycles. The van der Waals surface area contributed by atoms with Crippen molar-refractivity contribution in [2.75, 3.05) is 33.4 Å². The molecule has 0 saturated carbocycles. The maximum Gasteiger partial charge on any atom is 0.226 e. The smallest absolute Gasteiger partial charge is 0.226 e. The van der Waals surface area contributed by atoms with E-state index in [4.69, 9.17) is 14.2 Å². The molecule has 2 fully saturated rings. The summed E-state index contributed by atoms with van der Waals surface area (Å²) >= 11 is 0. The second kappa shape index (κ2) is 6.67. The molecule has 2 heterocycles. The van der Waals surface area contributed by atoms with E-state index in [1.54, 1.807) is 7.11 Å². The molecule has 0 N–H and O–H groups in total. The lowest BCUT2D eigenvalue weighted by Crippen LogP contribution is -2.51. The number of hydrogen-bond donors (Lipinski definition) is 0. The summed E-state index contributed by atoms with van der Waals surface area (Å²) in [6.45, 7) is 2.92. The third kappa shape index (κ3) is 3.42. The fourth-order valence-electron chi connectivity index (χ4n) is 3.07. The Hall–Kier alpha value is -1.59. The maximum absolute atomic E-state index is 12.4. The molecule has 2 aliphatic rings. The van der Waals surface area contributed by atoms with E-state index in [1.807, 2.05) is 29.2 Å². The number of piperidine rings is 1. The molecule has 1 amide bonds. The first-order valence-electron chi connectivity index (χ1n) is 7.89. The van der Waals surface area contributed by atoms with Crippen LogP contribution in [0.3, 0.4) is 0 Å². The van der Waals surface area contributed by atoms with Crippen LogP contribution in [0.5, 0.6) is 5.75 Å². The summed E-state index contributed by atoms with van der Waals surface area (Å²) in [6.07, 6.45) is 2.89. The number of carbonyl (C=O) groups excluding carboxylic acids is 1. The molecule has 1 aromatic carbocycles. The molecule has 5 nitrogen and oxygen atoms in total. The predicted octanol–water partition coefficient (Wildman–Crippen LogP) is 1.99. The topological polar surface area (TPSA) is 48.0 Å². The van der Waals surface area contributed by atoms with Gasteiger partial charge in [-0.05, 0) is 24.1 Å². The van der Waals surface area contributed by atoms with Gasteiger partial charge < -0.3 is 19.1 Å². The summed E-state index contributed by atoms with van der Waals surface area (Å²) in [6, 6.07) is 7.67. The summed E-state index contributed by atoms with van der Waals surface area (Å²) in [5.74, 6) is 0.496. The van der Waals surface area contributed by atoms with Gasteiger partial charge in [0.05, 0.1) is 26.7 Å². The van der Waals surface area contributed by atoms with E-state index in [1.165, 1.54) is 0 Å². The van der Waals surface area contributed by atoms with E-state index in [0.29, 0.717) is 19.5 Å². The van der Waals surface area contributed by atoms with Gasteiger partial charge in [0.15, 0.2) is 5.79 Å². The zero-order valence-electron chi connectivity index (χ0n) is 13.0. The standard InChI is InChI=1S/C17H23NO4/c1-20-15-5-2-4-14(12-15)13-16(19)18-8-6-17(7-9-18)21-10-3-11-22-17/h2,4-5,12H,3,6-11,13H2,1H3. The summed E-state index contributed by atoms with van der Waals surface area (Å²) in [4.78, 5) is 14.4. The summed E-state index contributed by atoms with van der Waals surface area (Å²) in [7, 11) is 1.63. The Balaban J connectivity index is 1.55. The van der Waals surface area contributed by atoms with E-state index in [-0.39, 0.29) is 5.91 Å². The predicted molar refractivity (Wildman–Crippen MR) is 81.8 cm³/mol. The van der Waals surface area contributed by atoms with Gasteiger partial charge in [-0.15, -0.1) is 0 Å². The van der Waals surface area contributed by atoms with Gasteiger partial charge in [-0.2, -0.15) is 0 Å². The maximum atomic E-state index is 12.4. The highest BCUT2D eigenvalue weighted by Crippen LogP contribution is 2.31. The van der Waals surface area contributed by atoms with Crippen molar-refractivity contribution in [3.8, 4) is 5.75 Å². The molecular formula is C17H23NO4. The van der Waals surface area contributed by atoms with Gasteiger partial charge in [0.1, 0.15) is 5.75 Å². The third-order valence-electron chi connectivity index (χ3n) is 4.39. The lowest BCUT2D eigenvalue weighted by molar-refractivity contribution is -0.282. The minimum atomic E-state index is -0.439. The highest BCUT2D eigenvalue weighted by molar-refractivity contribution is 5.79. The molecule has 120 valence electrons. The molecule has 22 heavy (non-hydrogen) atoms. The van der Waals surface area contributed by atoms with Crippen LogP contribution < -0.4 is 4.74 Å². The molecule has 3 rings (SSSR count). The van der Waals surface area contributed by atoms with E-state index < -0.39 is 5.79 Å². The number of carbonyl (C=O) groups is 1. The van der Waals surface area contributed by atoms with Crippen LogP contribution in [0, 0.1) is 0 Å². The van der Waals surface area contributed by atoms with Crippen molar-refractivity contribution < 1.29 is 19.0 Å². The van der Waals surface area contributed by atoms with E-state index in [9.17, 15) is 4.79 Å². The minimum Gasteiger partial charge on any atom is -0.497 e. The van der Waals surface area contributed by atoms with Crippen LogP contribution in [-0.2, 0) is 20.7 Å². The second-order valence-corrected chi connectivity index (χ2v) is 5.87. The van der Waals surface area contributed by atoms with Crippen molar-refractivity contribution in [1.29, 1.82) is 0 Å². The lowest BCUT2D eigenvalue weighted by atomic mass is 10.0. The van der Waals surface area contributed by atoms with Crippen LogP contribution in [0.2, 0.25) is 0 Å². The van der Waals surface area contributed by atoms with Crippen LogP contribution in [0.1, 0.15) is 24.8 Å². The van der Waals surface area contributed by atoms with Crippen LogP contribution in [0.25, 0.3) is 0 Å². The first-order valence-corrected chi connectivity index (χ1v) is 7.89. The van der Waals surface area contributed by atoms with Crippen LogP contribution in [-0.4, -0.2) is 50.0 Å². The van der Waals surface area contributed by atoms with Crippen LogP contribution in [0.4, 0.5) is 0 Å². The molecule has 1 aromatic rings. The monoisotopic (exact) mass is 305 g/mol. The fraction of sp³-hybridized carbons (Fsp3) is 0.588. The van der Waals surface area contributed by atoms with Crippen LogP contribution >= 0.6 is 0 Å². The Bertz CT molecular complexity index is 515. The lowest BCUT2D eigenvalue weighted by Gasteiger charge is -2.43. The van der Waals surface area contributed by atoms with Crippen molar-refractivity contribution in [2.24, 2.45) is 0 Å². The molecular weight excluding hydrogens is 282 g/mol. The van der Waals surface area contributed by atoms with Crippen molar-refractivity contribution in [2.45, 2.75) is 31.5 Å². The van der Waals surface area contributed by atoms with E-state index in [2.05, 4.69) is 0 Å². The molecule has 0 aliphatic carbocycles. The summed E-state index contributed by atoms with van der Waals surface area (Å²) in [5, 5.41) is 0. The van der Waals surface area contributed by atoms with Crippen molar-refractivity contribution in [3.63, 3.8) is 0 Å². The van der Waals surface area contributed by atoms with Gasteiger partial charge in [0.25, 0.3) is 0 Å². The molecule has 5 heteroatoms. The molecule has 0 unspecified atom stereocenters. The normalized spacial score (nSPS) is 20.9. The Morgan fingerprint density at radius 1 is 1.27 bits per heavy atom. The number of benzene rings is 1. The van der Waals surface area contributed by atoms with E-state index >= 15 is 0 Å². The molecule has 0 aromatic heterocycles. The largest absolute Gasteiger partial charge is 0.497 e. The van der Waals surface area contributed by atoms with Gasteiger partial charge >= 0.3 is 0 Å². The van der Waals surface area contributed by atoms with E-state index in [0.717, 1.165) is 43.8 Å². The SMILES string of the molecule is COc1cccc(CC(=O)N2CCC3(CC2)OCCCO3)c1. The number of ether oxygens (including phenoxy) is 3. The summed E-state index contributed by atoms with van der Waals surface area (Å²) in [5.41, 5.74) is 0.981. The number of likely N-dealkylation sites (tertiary alicyclic amines) is 1. The summed E-state index contributed by atoms with van der Waals surface area (Å²) < 4.78 is 16.8. The third-order valence-corrected chi connectivity index (χ3v) is 4.39. The number of nitrogens with zero attached hydrogens (tertiary/aromatic N) is 1. The number of methoxy groups -OCH3 is 1. The van der Waals surface area contributed by atoms with Crippen molar-refractivity contribution in [1.82, 2.24) is 4.90 Å². The van der Waals surface area contributed by atoms with Crippen molar-refractivity contribution in [3.05, 3.63) is 29.8 Å². The average Bonchev–Trinajstić information content (AvgIpc) is 2.56. The Morgan fingerprint density at radius 3 is 2.68 bits per heavy atom. The molecule has 0 radical (unpaired) electrons. The van der Waals surface area contributed by atoms with Gasteiger partial charge in [-0.3, -0.25) is 4.79 Å². The quantitative estimate of drug-likeness (QED) is 0.857. The fourth-order valence-corrected chi connectivity index (χ4v) is 3.07. The minimum absolute atomic E-state index is 0.152. The molecule has 0 atom stereocenters.